The van der Waals surface area contributed by atoms with Crippen LogP contribution in [0.5, 0.6) is 5.75 Å². The minimum absolute atomic E-state index is 0.0442. The average Bonchev–Trinajstić information content (AvgIpc) is 2.48. The van der Waals surface area contributed by atoms with Crippen LogP contribution in [0.4, 0.5) is 30.7 Å². The molecular weight excluding hydrogens is 425 g/mol. The first kappa shape index (κ1) is 21.5. The molecule has 2 rings (SSSR count). The molecular formula is C16H10ClF7O2S. The molecule has 0 aliphatic heterocycles. The van der Waals surface area contributed by atoms with Gasteiger partial charge in [0.15, 0.2) is 0 Å². The predicted octanol–water partition coefficient (Wildman–Crippen LogP) is 5.86. The van der Waals surface area contributed by atoms with E-state index in [9.17, 15) is 34.9 Å². The molecule has 0 radical (unpaired) electrons. The number of hydrogen-bond donors (Lipinski definition) is 0. The average molecular weight is 435 g/mol. The highest BCUT2D eigenvalue weighted by molar-refractivity contribution is 7.85. The fourth-order valence-electron chi connectivity index (χ4n) is 2.25. The Kier molecular flexibility index (Phi) is 6.41. The van der Waals surface area contributed by atoms with Crippen molar-refractivity contribution < 1.29 is 39.7 Å². The van der Waals surface area contributed by atoms with Gasteiger partial charge in [0, 0.05) is 16.0 Å². The Hall–Kier alpha value is -1.81. The van der Waals surface area contributed by atoms with Crippen molar-refractivity contribution >= 4 is 22.4 Å². The lowest BCUT2D eigenvalue weighted by Gasteiger charge is -2.14. The molecule has 0 fully saturated rings. The Labute approximate surface area is 156 Å². The first-order chi connectivity index (χ1) is 12.4. The van der Waals surface area contributed by atoms with Gasteiger partial charge in [-0.1, -0.05) is 11.6 Å². The van der Waals surface area contributed by atoms with Crippen LogP contribution in [-0.2, 0) is 10.8 Å². The number of hydrogen-bond acceptors (Lipinski definition) is 2. The fraction of sp³-hybridized carbons (Fsp3) is 0.250. The molecule has 0 bridgehead atoms. The van der Waals surface area contributed by atoms with Crippen molar-refractivity contribution in [3.05, 3.63) is 46.5 Å². The monoisotopic (exact) mass is 434 g/mol. The van der Waals surface area contributed by atoms with E-state index in [2.05, 4.69) is 4.74 Å². The summed E-state index contributed by atoms with van der Waals surface area (Å²) >= 11 is 5.59. The van der Waals surface area contributed by atoms with Gasteiger partial charge >= 0.3 is 12.8 Å². The number of benzene rings is 2. The lowest BCUT2D eigenvalue weighted by atomic mass is 10.0. The zero-order valence-electron chi connectivity index (χ0n) is 13.3. The van der Waals surface area contributed by atoms with Crippen LogP contribution in [0.2, 0.25) is 5.02 Å². The largest absolute Gasteiger partial charge is 0.433 e. The summed E-state index contributed by atoms with van der Waals surface area (Å²) in [4.78, 5) is -0.366. The molecule has 0 saturated heterocycles. The molecule has 0 saturated carbocycles. The maximum Gasteiger partial charge on any atom is 0.400 e. The molecule has 2 aromatic carbocycles. The van der Waals surface area contributed by atoms with Gasteiger partial charge in [-0.3, -0.25) is 4.21 Å². The number of halogens is 8. The van der Waals surface area contributed by atoms with Crippen LogP contribution in [-0.4, -0.2) is 22.7 Å². The molecule has 0 aliphatic rings. The summed E-state index contributed by atoms with van der Waals surface area (Å²) in [5, 5.41) is -0.509. The van der Waals surface area contributed by atoms with Crippen molar-refractivity contribution in [1.82, 2.24) is 0 Å². The van der Waals surface area contributed by atoms with Crippen molar-refractivity contribution in [2.75, 3.05) is 5.75 Å². The molecule has 0 amide bonds. The Morgan fingerprint density at radius 1 is 1.07 bits per heavy atom. The van der Waals surface area contributed by atoms with E-state index in [1.54, 1.807) is 0 Å². The lowest BCUT2D eigenvalue weighted by Crippen LogP contribution is -2.19. The van der Waals surface area contributed by atoms with Gasteiger partial charge in [-0.25, -0.2) is 8.78 Å². The maximum absolute atomic E-state index is 14.3. The first-order valence-electron chi connectivity index (χ1n) is 7.08. The van der Waals surface area contributed by atoms with Gasteiger partial charge in [0.05, 0.1) is 15.8 Å². The van der Waals surface area contributed by atoms with Crippen LogP contribution in [0.3, 0.4) is 0 Å². The highest BCUT2D eigenvalue weighted by Gasteiger charge is 2.32. The van der Waals surface area contributed by atoms with Crippen molar-refractivity contribution in [1.29, 1.82) is 0 Å². The first-order valence-corrected chi connectivity index (χ1v) is 8.78. The zero-order chi connectivity index (χ0) is 20.5. The minimum Gasteiger partial charge on any atom is -0.433 e. The van der Waals surface area contributed by atoms with Gasteiger partial charge in [0.1, 0.15) is 23.1 Å². The van der Waals surface area contributed by atoms with E-state index in [1.807, 2.05) is 0 Å². The summed E-state index contributed by atoms with van der Waals surface area (Å²) in [6.07, 6.45) is -4.74. The van der Waals surface area contributed by atoms with E-state index in [-0.39, 0.29) is 10.5 Å². The second-order valence-electron chi connectivity index (χ2n) is 5.34. The third-order valence-corrected chi connectivity index (χ3v) is 5.15. The van der Waals surface area contributed by atoms with Crippen LogP contribution in [0, 0.1) is 18.6 Å². The van der Waals surface area contributed by atoms with Gasteiger partial charge in [-0.05, 0) is 36.8 Å². The minimum atomic E-state index is -4.74. The molecule has 0 spiro atoms. The van der Waals surface area contributed by atoms with Crippen molar-refractivity contribution in [3.63, 3.8) is 0 Å². The van der Waals surface area contributed by atoms with E-state index in [0.29, 0.717) is 12.1 Å². The van der Waals surface area contributed by atoms with Gasteiger partial charge in [-0.2, -0.15) is 22.0 Å². The van der Waals surface area contributed by atoms with Gasteiger partial charge in [-0.15, -0.1) is 0 Å². The van der Waals surface area contributed by atoms with Gasteiger partial charge in [0.25, 0.3) is 0 Å². The molecule has 0 aromatic heterocycles. The quantitative estimate of drug-likeness (QED) is 0.551. The molecule has 1 atom stereocenters. The molecule has 27 heavy (non-hydrogen) atoms. The van der Waals surface area contributed by atoms with Crippen LogP contribution in [0.25, 0.3) is 11.1 Å². The molecule has 11 heteroatoms. The summed E-state index contributed by atoms with van der Waals surface area (Å²) < 4.78 is 107. The van der Waals surface area contributed by atoms with E-state index in [0.717, 1.165) is 12.1 Å². The second-order valence-corrected chi connectivity index (χ2v) is 7.17. The standard InChI is InChI=1S/C16H10ClF7O2S/c1-7-2-11(18)9(4-14(7)27(25)6-16(22,23)24)8-3-13(26-15(20)21)10(17)5-12(8)19/h2-5,15H,6H2,1H3. The van der Waals surface area contributed by atoms with Crippen LogP contribution in [0.1, 0.15) is 5.56 Å². The Morgan fingerprint density at radius 3 is 2.19 bits per heavy atom. The summed E-state index contributed by atoms with van der Waals surface area (Å²) in [7, 11) is -2.57. The maximum atomic E-state index is 14.3. The number of aryl methyl sites for hydroxylation is 1. The third-order valence-electron chi connectivity index (χ3n) is 3.33. The predicted molar refractivity (Wildman–Crippen MR) is 85.5 cm³/mol. The Balaban J connectivity index is 2.59. The number of ether oxygens (including phenoxy) is 1. The molecule has 0 aliphatic carbocycles. The highest BCUT2D eigenvalue weighted by Crippen LogP contribution is 2.37. The van der Waals surface area contributed by atoms with E-state index in [1.165, 1.54) is 6.92 Å². The smallest absolute Gasteiger partial charge is 0.400 e. The second kappa shape index (κ2) is 8.05. The Morgan fingerprint density at radius 2 is 1.63 bits per heavy atom. The van der Waals surface area contributed by atoms with Crippen molar-refractivity contribution in [2.24, 2.45) is 0 Å². The number of rotatable bonds is 5. The molecule has 1 unspecified atom stereocenters. The van der Waals surface area contributed by atoms with Gasteiger partial charge < -0.3 is 4.74 Å². The van der Waals surface area contributed by atoms with E-state index >= 15 is 0 Å². The normalized spacial score (nSPS) is 13.1. The van der Waals surface area contributed by atoms with Crippen LogP contribution in [0.15, 0.2) is 29.2 Å². The molecule has 0 heterocycles. The van der Waals surface area contributed by atoms with Gasteiger partial charge in [0.2, 0.25) is 0 Å². The molecule has 2 aromatic rings. The van der Waals surface area contributed by atoms with Crippen molar-refractivity contribution in [3.8, 4) is 16.9 Å². The highest BCUT2D eigenvalue weighted by atomic mass is 35.5. The van der Waals surface area contributed by atoms with Crippen LogP contribution >= 0.6 is 11.6 Å². The lowest BCUT2D eigenvalue weighted by molar-refractivity contribution is -0.105. The zero-order valence-corrected chi connectivity index (χ0v) is 14.9. The van der Waals surface area contributed by atoms with E-state index < -0.39 is 62.9 Å². The van der Waals surface area contributed by atoms with Crippen LogP contribution < -0.4 is 4.74 Å². The molecule has 0 N–H and O–H groups in total. The van der Waals surface area contributed by atoms with E-state index in [4.69, 9.17) is 11.6 Å². The molecule has 148 valence electrons. The SMILES string of the molecule is Cc1cc(F)c(-c2cc(OC(F)F)c(Cl)cc2F)cc1S(=O)CC(F)(F)F. The fourth-order valence-corrected chi connectivity index (χ4v) is 3.57. The van der Waals surface area contributed by atoms with Crippen molar-refractivity contribution in [2.45, 2.75) is 24.6 Å². The number of alkyl halides is 5. The topological polar surface area (TPSA) is 26.3 Å². The summed E-state index contributed by atoms with van der Waals surface area (Å²) in [5.74, 6) is -4.51. The summed E-state index contributed by atoms with van der Waals surface area (Å²) in [6.45, 7) is -2.06. The summed E-state index contributed by atoms with van der Waals surface area (Å²) in [5.41, 5.74) is -1.20. The third kappa shape index (κ3) is 5.35. The molecule has 2 nitrogen and oxygen atoms in total. The Bertz CT molecular complexity index is 884. The summed E-state index contributed by atoms with van der Waals surface area (Å²) in [6, 6.07) is 2.85.